The molecule has 0 aliphatic rings. The average Bonchev–Trinajstić information content (AvgIpc) is 2.99. The Hall–Kier alpha value is -3.54. The lowest BCUT2D eigenvalue weighted by molar-refractivity contribution is 0.869. The van der Waals surface area contributed by atoms with Crippen molar-refractivity contribution in [1.29, 1.82) is 0 Å². The molecule has 4 rings (SSSR count). The van der Waals surface area contributed by atoms with Gasteiger partial charge in [0.15, 0.2) is 11.3 Å². The maximum atomic E-state index is 12.9. The van der Waals surface area contributed by atoms with Crippen LogP contribution in [0.25, 0.3) is 16.8 Å². The molecule has 0 saturated heterocycles. The minimum Gasteiger partial charge on any atom is -0.293 e. The highest BCUT2D eigenvalue weighted by atomic mass is 16.1. The second-order valence-corrected chi connectivity index (χ2v) is 6.02. The molecule has 0 bridgehead atoms. The number of hydrogen-bond acceptors (Lipinski definition) is 4. The van der Waals surface area contributed by atoms with Crippen molar-refractivity contribution in [1.82, 2.24) is 14.6 Å². The molecule has 2 heterocycles. The van der Waals surface area contributed by atoms with Gasteiger partial charge < -0.3 is 0 Å². The molecule has 0 amide bonds. The molecular formula is C20H17N5O. The van der Waals surface area contributed by atoms with Crippen LogP contribution < -0.4 is 5.56 Å². The summed E-state index contributed by atoms with van der Waals surface area (Å²) in [4.78, 5) is 17.5. The van der Waals surface area contributed by atoms with Crippen LogP contribution in [0, 0.1) is 13.8 Å². The number of nitrogens with zero attached hydrogens (tertiary/aromatic N) is 4. The van der Waals surface area contributed by atoms with E-state index in [1.165, 1.54) is 4.52 Å². The zero-order chi connectivity index (χ0) is 18.1. The van der Waals surface area contributed by atoms with Crippen LogP contribution in [0.2, 0.25) is 0 Å². The Kier molecular flexibility index (Phi) is 3.93. The standard InChI is InChI=1S/C20H17N5O/c1-13-17(15-9-5-3-6-10-15)19-21-14(2)18(20(26)25(19)24-13)23-22-16-11-7-4-8-12-16/h3-12,24H,1-2H3. The Bertz CT molecular complexity index is 1160. The Labute approximate surface area is 149 Å². The SMILES string of the molecule is Cc1nc2c(-c3ccccc3)c(C)[nH]n2c(=O)c1N=Nc1ccccc1. The zero-order valence-corrected chi connectivity index (χ0v) is 14.5. The van der Waals surface area contributed by atoms with E-state index in [2.05, 4.69) is 20.3 Å². The zero-order valence-electron chi connectivity index (χ0n) is 14.5. The molecule has 26 heavy (non-hydrogen) atoms. The summed E-state index contributed by atoms with van der Waals surface area (Å²) in [7, 11) is 0. The van der Waals surface area contributed by atoms with Gasteiger partial charge in [-0.15, -0.1) is 5.11 Å². The number of aromatic nitrogens is 3. The molecule has 4 aromatic rings. The first-order chi connectivity index (χ1) is 12.6. The summed E-state index contributed by atoms with van der Waals surface area (Å²) >= 11 is 0. The van der Waals surface area contributed by atoms with Crippen molar-refractivity contribution in [3.05, 3.63) is 82.4 Å². The third kappa shape index (κ3) is 2.71. The van der Waals surface area contributed by atoms with Crippen LogP contribution in [0.4, 0.5) is 11.4 Å². The highest BCUT2D eigenvalue weighted by Crippen LogP contribution is 2.27. The molecule has 128 valence electrons. The first-order valence-corrected chi connectivity index (χ1v) is 8.29. The lowest BCUT2D eigenvalue weighted by Crippen LogP contribution is -2.16. The lowest BCUT2D eigenvalue weighted by atomic mass is 10.1. The molecule has 2 aromatic heterocycles. The number of H-pyrrole nitrogens is 1. The summed E-state index contributed by atoms with van der Waals surface area (Å²) in [6.07, 6.45) is 0. The van der Waals surface area contributed by atoms with E-state index in [9.17, 15) is 4.79 Å². The fraction of sp³-hybridized carbons (Fsp3) is 0.100. The summed E-state index contributed by atoms with van der Waals surface area (Å²) in [6, 6.07) is 19.2. The molecule has 0 unspecified atom stereocenters. The third-order valence-corrected chi connectivity index (χ3v) is 4.20. The third-order valence-electron chi connectivity index (χ3n) is 4.20. The van der Waals surface area contributed by atoms with Gasteiger partial charge in [-0.3, -0.25) is 9.89 Å². The predicted molar refractivity (Wildman–Crippen MR) is 101 cm³/mol. The second-order valence-electron chi connectivity index (χ2n) is 6.02. The van der Waals surface area contributed by atoms with Crippen LogP contribution in [-0.4, -0.2) is 14.6 Å². The number of fused-ring (bicyclic) bond motifs is 1. The van der Waals surface area contributed by atoms with E-state index in [4.69, 9.17) is 0 Å². The molecule has 0 aliphatic heterocycles. The topological polar surface area (TPSA) is 74.9 Å². The van der Waals surface area contributed by atoms with Gasteiger partial charge in [-0.1, -0.05) is 48.5 Å². The van der Waals surface area contributed by atoms with E-state index in [0.717, 1.165) is 16.8 Å². The molecule has 0 saturated carbocycles. The fourth-order valence-electron chi connectivity index (χ4n) is 2.95. The molecule has 6 nitrogen and oxygen atoms in total. The van der Waals surface area contributed by atoms with Gasteiger partial charge in [-0.2, -0.15) is 9.63 Å². The van der Waals surface area contributed by atoms with Crippen molar-refractivity contribution < 1.29 is 0 Å². The second kappa shape index (κ2) is 6.40. The number of rotatable bonds is 3. The average molecular weight is 343 g/mol. The van der Waals surface area contributed by atoms with Crippen molar-refractivity contribution >= 4 is 17.0 Å². The van der Waals surface area contributed by atoms with Gasteiger partial charge in [0.05, 0.1) is 11.4 Å². The normalized spacial score (nSPS) is 11.5. The highest BCUT2D eigenvalue weighted by molar-refractivity contribution is 5.80. The molecular weight excluding hydrogens is 326 g/mol. The van der Waals surface area contributed by atoms with Gasteiger partial charge in [-0.05, 0) is 31.5 Å². The highest BCUT2D eigenvalue weighted by Gasteiger charge is 2.17. The largest absolute Gasteiger partial charge is 0.300 e. The number of aromatic amines is 1. The summed E-state index contributed by atoms with van der Waals surface area (Å²) in [6.45, 7) is 3.70. The van der Waals surface area contributed by atoms with Crippen LogP contribution in [-0.2, 0) is 0 Å². The number of benzene rings is 2. The van der Waals surface area contributed by atoms with Crippen LogP contribution in [0.5, 0.6) is 0 Å². The number of nitrogens with one attached hydrogen (secondary N) is 1. The quantitative estimate of drug-likeness (QED) is 0.546. The first kappa shape index (κ1) is 16.0. The van der Waals surface area contributed by atoms with E-state index < -0.39 is 0 Å². The number of hydrogen-bond donors (Lipinski definition) is 1. The van der Waals surface area contributed by atoms with Crippen molar-refractivity contribution in [2.24, 2.45) is 10.2 Å². The van der Waals surface area contributed by atoms with E-state index in [1.54, 1.807) is 6.92 Å². The monoisotopic (exact) mass is 343 g/mol. The number of azo groups is 1. The van der Waals surface area contributed by atoms with E-state index in [1.807, 2.05) is 67.6 Å². The van der Waals surface area contributed by atoms with Gasteiger partial charge in [0.25, 0.3) is 0 Å². The van der Waals surface area contributed by atoms with Gasteiger partial charge in [0.1, 0.15) is 0 Å². The van der Waals surface area contributed by atoms with Crippen LogP contribution in [0.3, 0.4) is 0 Å². The van der Waals surface area contributed by atoms with E-state index in [-0.39, 0.29) is 11.2 Å². The van der Waals surface area contributed by atoms with Gasteiger partial charge >= 0.3 is 5.56 Å². The lowest BCUT2D eigenvalue weighted by Gasteiger charge is -2.02. The van der Waals surface area contributed by atoms with E-state index in [0.29, 0.717) is 17.0 Å². The first-order valence-electron chi connectivity index (χ1n) is 8.29. The Morgan fingerprint density at radius 3 is 2.27 bits per heavy atom. The minimum absolute atomic E-state index is 0.229. The Morgan fingerprint density at radius 2 is 1.58 bits per heavy atom. The molecule has 0 atom stereocenters. The molecule has 0 spiro atoms. The number of aryl methyl sites for hydroxylation is 2. The van der Waals surface area contributed by atoms with Crippen LogP contribution >= 0.6 is 0 Å². The summed E-state index contributed by atoms with van der Waals surface area (Å²) < 4.78 is 1.43. The Balaban J connectivity index is 1.89. The maximum Gasteiger partial charge on any atom is 0.300 e. The molecule has 0 fully saturated rings. The van der Waals surface area contributed by atoms with Gasteiger partial charge in [0.2, 0.25) is 0 Å². The summed E-state index contributed by atoms with van der Waals surface area (Å²) in [5.41, 5.74) is 4.58. The molecule has 6 heteroatoms. The van der Waals surface area contributed by atoms with Gasteiger partial charge in [-0.25, -0.2) is 4.98 Å². The Morgan fingerprint density at radius 1 is 0.923 bits per heavy atom. The van der Waals surface area contributed by atoms with Crippen molar-refractivity contribution in [2.45, 2.75) is 13.8 Å². The maximum absolute atomic E-state index is 12.9. The van der Waals surface area contributed by atoms with Crippen molar-refractivity contribution in [3.8, 4) is 11.1 Å². The van der Waals surface area contributed by atoms with Crippen LogP contribution in [0.15, 0.2) is 75.7 Å². The van der Waals surface area contributed by atoms with Gasteiger partial charge in [0, 0.05) is 11.3 Å². The molecule has 1 N–H and O–H groups in total. The van der Waals surface area contributed by atoms with Crippen molar-refractivity contribution in [2.75, 3.05) is 0 Å². The van der Waals surface area contributed by atoms with Crippen LogP contribution in [0.1, 0.15) is 11.4 Å². The minimum atomic E-state index is -0.266. The van der Waals surface area contributed by atoms with E-state index >= 15 is 0 Å². The smallest absolute Gasteiger partial charge is 0.293 e. The summed E-state index contributed by atoms with van der Waals surface area (Å²) in [5.74, 6) is 0. The predicted octanol–water partition coefficient (Wildman–Crippen LogP) is 4.72. The molecule has 0 radical (unpaired) electrons. The fourth-order valence-corrected chi connectivity index (χ4v) is 2.95. The van der Waals surface area contributed by atoms with Crippen molar-refractivity contribution in [3.63, 3.8) is 0 Å². The summed E-state index contributed by atoms with van der Waals surface area (Å²) in [5, 5.41) is 11.4. The molecule has 0 aliphatic carbocycles. The molecule has 2 aromatic carbocycles.